The van der Waals surface area contributed by atoms with Crippen molar-refractivity contribution < 1.29 is 4.79 Å². The molecule has 3 rings (SSSR count). The zero-order chi connectivity index (χ0) is 18.4. The van der Waals surface area contributed by atoms with E-state index < -0.39 is 0 Å². The van der Waals surface area contributed by atoms with Crippen LogP contribution < -0.4 is 15.5 Å². The SMILES string of the molecule is N#CCc1ccc(NC(=S)NCc2cccc(N3CCCC3=O)c2)cc1. The van der Waals surface area contributed by atoms with Crippen LogP contribution in [0.15, 0.2) is 48.5 Å². The molecule has 1 saturated heterocycles. The van der Waals surface area contributed by atoms with Gasteiger partial charge in [0.25, 0.3) is 0 Å². The Balaban J connectivity index is 1.54. The number of hydrogen-bond acceptors (Lipinski definition) is 3. The molecule has 0 atom stereocenters. The van der Waals surface area contributed by atoms with Gasteiger partial charge in [-0.15, -0.1) is 0 Å². The first-order chi connectivity index (χ1) is 12.7. The number of rotatable bonds is 5. The van der Waals surface area contributed by atoms with Crippen molar-refractivity contribution in [3.63, 3.8) is 0 Å². The van der Waals surface area contributed by atoms with E-state index in [9.17, 15) is 4.79 Å². The van der Waals surface area contributed by atoms with Crippen molar-refractivity contribution in [1.29, 1.82) is 5.26 Å². The monoisotopic (exact) mass is 364 g/mol. The lowest BCUT2D eigenvalue weighted by atomic mass is 10.1. The van der Waals surface area contributed by atoms with Gasteiger partial charge in [0.15, 0.2) is 5.11 Å². The first-order valence-electron chi connectivity index (χ1n) is 8.56. The number of nitrogens with zero attached hydrogens (tertiary/aromatic N) is 2. The highest BCUT2D eigenvalue weighted by atomic mass is 32.1. The number of amides is 1. The van der Waals surface area contributed by atoms with Crippen LogP contribution in [0, 0.1) is 11.3 Å². The third kappa shape index (κ3) is 4.58. The third-order valence-electron chi connectivity index (χ3n) is 4.24. The van der Waals surface area contributed by atoms with E-state index in [-0.39, 0.29) is 5.91 Å². The first kappa shape index (κ1) is 17.9. The number of thiocarbonyl (C=S) groups is 1. The highest BCUT2D eigenvalue weighted by molar-refractivity contribution is 7.80. The van der Waals surface area contributed by atoms with Crippen molar-refractivity contribution in [3.8, 4) is 6.07 Å². The predicted octanol–water partition coefficient (Wildman–Crippen LogP) is 3.37. The molecule has 1 heterocycles. The van der Waals surface area contributed by atoms with E-state index in [0.29, 0.717) is 24.5 Å². The van der Waals surface area contributed by atoms with E-state index in [1.807, 2.05) is 53.4 Å². The second-order valence-corrected chi connectivity index (χ2v) is 6.57. The zero-order valence-corrected chi connectivity index (χ0v) is 15.2. The van der Waals surface area contributed by atoms with Gasteiger partial charge in [-0.25, -0.2) is 0 Å². The van der Waals surface area contributed by atoms with Crippen LogP contribution in [-0.2, 0) is 17.8 Å². The van der Waals surface area contributed by atoms with E-state index >= 15 is 0 Å². The van der Waals surface area contributed by atoms with E-state index in [4.69, 9.17) is 17.5 Å². The molecule has 1 aliphatic heterocycles. The second-order valence-electron chi connectivity index (χ2n) is 6.16. The Hall–Kier alpha value is -2.91. The summed E-state index contributed by atoms with van der Waals surface area (Å²) in [5.74, 6) is 0.187. The molecule has 132 valence electrons. The van der Waals surface area contributed by atoms with Crippen LogP contribution in [0.4, 0.5) is 11.4 Å². The molecular formula is C20H20N4OS. The van der Waals surface area contributed by atoms with Crippen LogP contribution >= 0.6 is 12.2 Å². The molecule has 1 fully saturated rings. The minimum absolute atomic E-state index is 0.187. The Morgan fingerprint density at radius 1 is 1.19 bits per heavy atom. The van der Waals surface area contributed by atoms with Crippen LogP contribution in [0.25, 0.3) is 0 Å². The topological polar surface area (TPSA) is 68.2 Å². The maximum atomic E-state index is 11.9. The molecule has 2 aromatic rings. The highest BCUT2D eigenvalue weighted by Gasteiger charge is 2.21. The normalized spacial score (nSPS) is 13.3. The lowest BCUT2D eigenvalue weighted by Crippen LogP contribution is -2.28. The molecule has 0 spiro atoms. The average molecular weight is 364 g/mol. The Bertz CT molecular complexity index is 842. The molecule has 1 amide bonds. The van der Waals surface area contributed by atoms with Crippen LogP contribution in [0.2, 0.25) is 0 Å². The summed E-state index contributed by atoms with van der Waals surface area (Å²) in [6, 6.07) is 17.7. The molecule has 26 heavy (non-hydrogen) atoms. The van der Waals surface area contributed by atoms with E-state index in [1.54, 1.807) is 0 Å². The van der Waals surface area contributed by atoms with E-state index in [0.717, 1.165) is 35.5 Å². The van der Waals surface area contributed by atoms with E-state index in [2.05, 4.69) is 16.7 Å². The maximum absolute atomic E-state index is 11.9. The maximum Gasteiger partial charge on any atom is 0.227 e. The molecule has 2 aromatic carbocycles. The lowest BCUT2D eigenvalue weighted by Gasteiger charge is -2.17. The molecule has 0 aromatic heterocycles. The standard InChI is InChI=1S/C20H20N4OS/c21-11-10-15-6-8-17(9-7-15)23-20(26)22-14-16-3-1-4-18(13-16)24-12-2-5-19(24)25/h1,3-4,6-9,13H,2,5,10,12,14H2,(H2,22,23,26). The Kier molecular flexibility index (Phi) is 5.82. The van der Waals surface area contributed by atoms with Crippen molar-refractivity contribution in [2.45, 2.75) is 25.8 Å². The molecule has 2 N–H and O–H groups in total. The van der Waals surface area contributed by atoms with Gasteiger partial charge in [-0.05, 0) is 54.0 Å². The first-order valence-corrected chi connectivity index (χ1v) is 8.96. The lowest BCUT2D eigenvalue weighted by molar-refractivity contribution is -0.117. The minimum atomic E-state index is 0.187. The van der Waals surface area contributed by atoms with Gasteiger partial charge in [0, 0.05) is 30.9 Å². The largest absolute Gasteiger partial charge is 0.358 e. The number of carbonyl (C=O) groups excluding carboxylic acids is 1. The van der Waals surface area contributed by atoms with Gasteiger partial charge in [0.2, 0.25) is 5.91 Å². The Morgan fingerprint density at radius 2 is 2.00 bits per heavy atom. The number of hydrogen-bond donors (Lipinski definition) is 2. The second kappa shape index (κ2) is 8.45. The fourth-order valence-corrected chi connectivity index (χ4v) is 3.10. The molecule has 0 saturated carbocycles. The van der Waals surface area contributed by atoms with Gasteiger partial charge in [-0.1, -0.05) is 24.3 Å². The predicted molar refractivity (Wildman–Crippen MR) is 107 cm³/mol. The Labute approximate surface area is 158 Å². The third-order valence-corrected chi connectivity index (χ3v) is 4.49. The average Bonchev–Trinajstić information content (AvgIpc) is 3.08. The summed E-state index contributed by atoms with van der Waals surface area (Å²) in [5.41, 5.74) is 3.86. The summed E-state index contributed by atoms with van der Waals surface area (Å²) in [6.07, 6.45) is 1.95. The molecule has 0 aliphatic carbocycles. The summed E-state index contributed by atoms with van der Waals surface area (Å²) in [7, 11) is 0. The van der Waals surface area contributed by atoms with Gasteiger partial charge < -0.3 is 15.5 Å². The fourth-order valence-electron chi connectivity index (χ4n) is 2.91. The number of anilines is 2. The summed E-state index contributed by atoms with van der Waals surface area (Å²) in [6.45, 7) is 1.37. The van der Waals surface area contributed by atoms with Crippen LogP contribution in [0.3, 0.4) is 0 Å². The van der Waals surface area contributed by atoms with Crippen LogP contribution in [0.1, 0.15) is 24.0 Å². The van der Waals surface area contributed by atoms with Gasteiger partial charge in [0.05, 0.1) is 12.5 Å². The molecule has 5 nitrogen and oxygen atoms in total. The number of nitrogens with one attached hydrogen (secondary N) is 2. The molecule has 1 aliphatic rings. The van der Waals surface area contributed by atoms with E-state index in [1.165, 1.54) is 0 Å². The van der Waals surface area contributed by atoms with Gasteiger partial charge in [-0.3, -0.25) is 4.79 Å². The smallest absolute Gasteiger partial charge is 0.227 e. The number of benzene rings is 2. The van der Waals surface area contributed by atoms with Gasteiger partial charge in [0.1, 0.15) is 0 Å². The zero-order valence-electron chi connectivity index (χ0n) is 14.4. The fraction of sp³-hybridized carbons (Fsp3) is 0.250. The van der Waals surface area contributed by atoms with Crippen LogP contribution in [0.5, 0.6) is 0 Å². The highest BCUT2D eigenvalue weighted by Crippen LogP contribution is 2.22. The van der Waals surface area contributed by atoms with Crippen molar-refractivity contribution >= 4 is 34.6 Å². The number of carbonyl (C=O) groups is 1. The molecule has 6 heteroatoms. The number of nitriles is 1. The summed E-state index contributed by atoms with van der Waals surface area (Å²) < 4.78 is 0. The molecule has 0 unspecified atom stereocenters. The van der Waals surface area contributed by atoms with Crippen LogP contribution in [-0.4, -0.2) is 17.6 Å². The van der Waals surface area contributed by atoms with Gasteiger partial charge in [-0.2, -0.15) is 5.26 Å². The van der Waals surface area contributed by atoms with Crippen molar-refractivity contribution in [2.24, 2.45) is 0 Å². The van der Waals surface area contributed by atoms with Crippen molar-refractivity contribution in [2.75, 3.05) is 16.8 Å². The quantitative estimate of drug-likeness (QED) is 0.796. The molecule has 0 bridgehead atoms. The summed E-state index contributed by atoms with van der Waals surface area (Å²) in [5, 5.41) is 15.5. The minimum Gasteiger partial charge on any atom is -0.358 e. The van der Waals surface area contributed by atoms with Crippen molar-refractivity contribution in [3.05, 3.63) is 59.7 Å². The van der Waals surface area contributed by atoms with Gasteiger partial charge >= 0.3 is 0 Å². The summed E-state index contributed by atoms with van der Waals surface area (Å²) in [4.78, 5) is 13.7. The summed E-state index contributed by atoms with van der Waals surface area (Å²) >= 11 is 5.34. The molecular weight excluding hydrogens is 344 g/mol. The van der Waals surface area contributed by atoms with Crippen molar-refractivity contribution in [1.82, 2.24) is 5.32 Å². The molecule has 0 radical (unpaired) electrons. The Morgan fingerprint density at radius 3 is 2.69 bits per heavy atom.